The maximum absolute atomic E-state index is 12.1. The van der Waals surface area contributed by atoms with Crippen molar-refractivity contribution in [1.82, 2.24) is 5.06 Å². The van der Waals surface area contributed by atoms with Gasteiger partial charge < -0.3 is 4.84 Å². The molecule has 1 aliphatic rings. The maximum Gasteiger partial charge on any atom is 0.343 e. The number of benzene rings is 2. The molecule has 2 amide bonds. The van der Waals surface area contributed by atoms with Gasteiger partial charge in [-0.2, -0.15) is 0 Å². The van der Waals surface area contributed by atoms with Crippen LogP contribution < -0.4 is 0 Å². The molecule has 1 heterocycles. The monoisotopic (exact) mass is 341 g/mol. The molecule has 6 heteroatoms. The average molecular weight is 341 g/mol. The number of imide groups is 1. The molecule has 0 aromatic heterocycles. The van der Waals surface area contributed by atoms with E-state index in [1.807, 2.05) is 32.0 Å². The fourth-order valence-corrected chi connectivity index (χ4v) is 3.27. The molecular formula is C18H15NO4S. The van der Waals surface area contributed by atoms with Crippen molar-refractivity contribution in [3.05, 3.63) is 64.7 Å². The first-order chi connectivity index (χ1) is 11.5. The Morgan fingerprint density at radius 2 is 1.67 bits per heavy atom. The maximum atomic E-state index is 12.1. The van der Waals surface area contributed by atoms with Gasteiger partial charge in [0.15, 0.2) is 0 Å². The predicted octanol–water partition coefficient (Wildman–Crippen LogP) is 3.15. The first-order valence-electron chi connectivity index (χ1n) is 7.36. The van der Waals surface area contributed by atoms with Crippen LogP contribution in [0.25, 0.3) is 0 Å². The summed E-state index contributed by atoms with van der Waals surface area (Å²) in [5, 5.41) is 0.538. The van der Waals surface area contributed by atoms with Crippen LogP contribution in [-0.2, 0) is 9.63 Å². The molecule has 122 valence electrons. The van der Waals surface area contributed by atoms with Crippen molar-refractivity contribution in [3.8, 4) is 0 Å². The summed E-state index contributed by atoms with van der Waals surface area (Å²) in [6.07, 6.45) is 0. The molecule has 24 heavy (non-hydrogen) atoms. The van der Waals surface area contributed by atoms with Gasteiger partial charge in [-0.3, -0.25) is 9.59 Å². The Labute approximate surface area is 143 Å². The second kappa shape index (κ2) is 6.49. The van der Waals surface area contributed by atoms with Gasteiger partial charge in [-0.1, -0.05) is 34.9 Å². The van der Waals surface area contributed by atoms with Crippen LogP contribution in [0.5, 0.6) is 0 Å². The third-order valence-corrected chi connectivity index (χ3v) is 4.77. The Hall–Kier alpha value is -2.60. The van der Waals surface area contributed by atoms with Gasteiger partial charge >= 0.3 is 5.97 Å². The number of aryl methyl sites for hydroxylation is 2. The minimum Gasteiger partial charge on any atom is -0.329 e. The first kappa shape index (κ1) is 16.3. The van der Waals surface area contributed by atoms with Crippen LogP contribution in [0.3, 0.4) is 0 Å². The lowest BCUT2D eigenvalue weighted by Crippen LogP contribution is -2.33. The van der Waals surface area contributed by atoms with E-state index in [0.29, 0.717) is 5.06 Å². The fraction of sp³-hybridized carbons (Fsp3) is 0.167. The van der Waals surface area contributed by atoms with E-state index in [1.54, 1.807) is 12.1 Å². The van der Waals surface area contributed by atoms with Crippen LogP contribution in [0, 0.1) is 13.8 Å². The van der Waals surface area contributed by atoms with Crippen LogP contribution in [0.1, 0.15) is 31.8 Å². The highest BCUT2D eigenvalue weighted by Crippen LogP contribution is 2.25. The SMILES string of the molecule is Cc1ccc(C)c(SCC(=O)ON2C(=O)c3ccccc3C2=O)c1. The smallest absolute Gasteiger partial charge is 0.329 e. The van der Waals surface area contributed by atoms with Crippen LogP contribution >= 0.6 is 11.8 Å². The van der Waals surface area contributed by atoms with Crippen molar-refractivity contribution in [1.29, 1.82) is 0 Å². The Morgan fingerprint density at radius 1 is 1.04 bits per heavy atom. The van der Waals surface area contributed by atoms with Gasteiger partial charge in [-0.05, 0) is 37.6 Å². The lowest BCUT2D eigenvalue weighted by molar-refractivity contribution is -0.165. The Bertz CT molecular complexity index is 812. The predicted molar refractivity (Wildman–Crippen MR) is 89.7 cm³/mol. The largest absolute Gasteiger partial charge is 0.343 e. The molecule has 0 unspecified atom stereocenters. The topological polar surface area (TPSA) is 63.7 Å². The van der Waals surface area contributed by atoms with Gasteiger partial charge in [0.05, 0.1) is 16.9 Å². The number of hydrogen-bond acceptors (Lipinski definition) is 5. The van der Waals surface area contributed by atoms with E-state index < -0.39 is 17.8 Å². The highest BCUT2D eigenvalue weighted by atomic mass is 32.2. The zero-order valence-corrected chi connectivity index (χ0v) is 14.1. The van der Waals surface area contributed by atoms with E-state index in [1.165, 1.54) is 23.9 Å². The fourth-order valence-electron chi connectivity index (χ4n) is 2.38. The first-order valence-corrected chi connectivity index (χ1v) is 8.34. The van der Waals surface area contributed by atoms with Crippen molar-refractivity contribution in [2.45, 2.75) is 18.7 Å². The summed E-state index contributed by atoms with van der Waals surface area (Å²) >= 11 is 1.32. The summed E-state index contributed by atoms with van der Waals surface area (Å²) in [6.45, 7) is 3.93. The van der Waals surface area contributed by atoms with Gasteiger partial charge in [-0.25, -0.2) is 4.79 Å². The third-order valence-electron chi connectivity index (χ3n) is 3.64. The van der Waals surface area contributed by atoms with E-state index in [-0.39, 0.29) is 16.9 Å². The van der Waals surface area contributed by atoms with Gasteiger partial charge in [0.25, 0.3) is 11.8 Å². The van der Waals surface area contributed by atoms with Gasteiger partial charge in [-0.15, -0.1) is 11.8 Å². The van der Waals surface area contributed by atoms with Crippen molar-refractivity contribution >= 4 is 29.5 Å². The van der Waals surface area contributed by atoms with Crippen LogP contribution in [-0.4, -0.2) is 28.6 Å². The lowest BCUT2D eigenvalue weighted by Gasteiger charge is -2.13. The molecule has 2 aromatic carbocycles. The van der Waals surface area contributed by atoms with Gasteiger partial charge in [0.1, 0.15) is 0 Å². The second-order valence-corrected chi connectivity index (χ2v) is 6.49. The molecule has 5 nitrogen and oxygen atoms in total. The van der Waals surface area contributed by atoms with Gasteiger partial charge in [0, 0.05) is 4.90 Å². The molecule has 2 aromatic rings. The van der Waals surface area contributed by atoms with Crippen molar-refractivity contribution in [2.75, 3.05) is 5.75 Å². The molecule has 0 bridgehead atoms. The number of hydroxylamine groups is 2. The lowest BCUT2D eigenvalue weighted by atomic mass is 10.1. The molecule has 1 aliphatic heterocycles. The summed E-state index contributed by atoms with van der Waals surface area (Å²) < 4.78 is 0. The summed E-state index contributed by atoms with van der Waals surface area (Å²) in [7, 11) is 0. The van der Waals surface area contributed by atoms with Crippen molar-refractivity contribution in [3.63, 3.8) is 0 Å². The summed E-state index contributed by atoms with van der Waals surface area (Å²) in [6, 6.07) is 12.3. The van der Waals surface area contributed by atoms with E-state index in [9.17, 15) is 14.4 Å². The summed E-state index contributed by atoms with van der Waals surface area (Å²) in [5.74, 6) is -1.85. The quantitative estimate of drug-likeness (QED) is 0.631. The number of amides is 2. The number of rotatable bonds is 4. The summed E-state index contributed by atoms with van der Waals surface area (Å²) in [4.78, 5) is 42.2. The number of thioether (sulfide) groups is 1. The molecule has 0 spiro atoms. The molecule has 3 rings (SSSR count). The minimum absolute atomic E-state index is 0.0116. The van der Waals surface area contributed by atoms with E-state index in [2.05, 4.69) is 0 Å². The number of carbonyl (C=O) groups excluding carboxylic acids is 3. The van der Waals surface area contributed by atoms with Crippen LogP contribution in [0.2, 0.25) is 0 Å². The minimum atomic E-state index is -0.643. The molecule has 0 atom stereocenters. The Kier molecular flexibility index (Phi) is 4.40. The highest BCUT2D eigenvalue weighted by Gasteiger charge is 2.38. The standard InChI is InChI=1S/C18H15NO4S/c1-11-7-8-12(2)15(9-11)24-10-16(20)23-19-17(21)13-5-3-4-6-14(13)18(19)22/h3-9H,10H2,1-2H3. The summed E-state index contributed by atoms with van der Waals surface area (Å²) in [5.41, 5.74) is 2.64. The zero-order valence-electron chi connectivity index (χ0n) is 13.2. The van der Waals surface area contributed by atoms with Gasteiger partial charge in [0.2, 0.25) is 0 Å². The zero-order chi connectivity index (χ0) is 17.3. The molecule has 0 radical (unpaired) electrons. The molecule has 0 saturated heterocycles. The number of carbonyl (C=O) groups is 3. The molecular weight excluding hydrogens is 326 g/mol. The second-order valence-electron chi connectivity index (χ2n) is 5.47. The number of fused-ring (bicyclic) bond motifs is 1. The van der Waals surface area contributed by atoms with E-state index in [0.717, 1.165) is 16.0 Å². The Morgan fingerprint density at radius 3 is 2.29 bits per heavy atom. The molecule has 0 aliphatic carbocycles. The highest BCUT2D eigenvalue weighted by molar-refractivity contribution is 8.00. The molecule has 0 saturated carbocycles. The Balaban J connectivity index is 1.65. The molecule has 0 N–H and O–H groups in total. The number of hydrogen-bond donors (Lipinski definition) is 0. The van der Waals surface area contributed by atoms with Crippen LogP contribution in [0.4, 0.5) is 0 Å². The van der Waals surface area contributed by atoms with Crippen molar-refractivity contribution < 1.29 is 19.2 Å². The number of nitrogens with zero attached hydrogens (tertiary/aromatic N) is 1. The van der Waals surface area contributed by atoms with Crippen molar-refractivity contribution in [2.24, 2.45) is 0 Å². The molecule has 0 fully saturated rings. The van der Waals surface area contributed by atoms with E-state index >= 15 is 0 Å². The normalized spacial score (nSPS) is 13.2. The third kappa shape index (κ3) is 3.05. The van der Waals surface area contributed by atoms with E-state index in [4.69, 9.17) is 4.84 Å². The van der Waals surface area contributed by atoms with Crippen LogP contribution in [0.15, 0.2) is 47.4 Å². The average Bonchev–Trinajstić information content (AvgIpc) is 2.81.